The summed E-state index contributed by atoms with van der Waals surface area (Å²) in [6.07, 6.45) is 0.480. The van der Waals surface area contributed by atoms with Gasteiger partial charge in [-0.3, -0.25) is 4.79 Å². The van der Waals surface area contributed by atoms with Crippen molar-refractivity contribution in [3.63, 3.8) is 0 Å². The van der Waals surface area contributed by atoms with E-state index in [0.717, 1.165) is 16.6 Å². The number of aryl methyl sites for hydroxylation is 1. The fourth-order valence-corrected chi connectivity index (χ4v) is 4.44. The quantitative estimate of drug-likeness (QED) is 0.567. The number of nitriles is 2. The first-order valence-electron chi connectivity index (χ1n) is 8.56. The third kappa shape index (κ3) is 4.24. The second kappa shape index (κ2) is 8.78. The lowest BCUT2D eigenvalue weighted by atomic mass is 10.0. The number of carbonyl (C=O) groups is 1. The molecule has 0 radical (unpaired) electrons. The smallest absolute Gasteiger partial charge is 0.239 e. The van der Waals surface area contributed by atoms with Crippen molar-refractivity contribution in [1.82, 2.24) is 10.1 Å². The fraction of sp³-hybridized carbons (Fsp3) is 0.211. The topological polar surface area (TPSA) is 142 Å². The Bertz CT molecular complexity index is 1130. The molecule has 1 unspecified atom stereocenters. The van der Waals surface area contributed by atoms with E-state index in [0.29, 0.717) is 28.6 Å². The van der Waals surface area contributed by atoms with Gasteiger partial charge in [0, 0.05) is 16.5 Å². The summed E-state index contributed by atoms with van der Waals surface area (Å²) in [4.78, 5) is 17.7. The number of nitrogen functional groups attached to an aromatic ring is 1. The van der Waals surface area contributed by atoms with Crippen molar-refractivity contribution >= 4 is 40.6 Å². The first-order valence-corrected chi connectivity index (χ1v) is 10.3. The second-order valence-electron chi connectivity index (χ2n) is 5.95. The van der Waals surface area contributed by atoms with E-state index in [1.165, 1.54) is 11.3 Å². The van der Waals surface area contributed by atoms with E-state index in [2.05, 4.69) is 21.5 Å². The molecule has 3 heterocycles. The summed E-state index contributed by atoms with van der Waals surface area (Å²) in [7, 11) is 0. The highest BCUT2D eigenvalue weighted by atomic mass is 32.2. The lowest BCUT2D eigenvalue weighted by molar-refractivity contribution is -0.115. The molecule has 10 heteroatoms. The number of nitrogens with zero attached hydrogens (tertiary/aromatic N) is 4. The van der Waals surface area contributed by atoms with Crippen LogP contribution in [-0.2, 0) is 4.79 Å². The SMILES string of the molecule is CCC(Sc1nc(N)c(C#N)c(-c2cccs2)c1C#N)C(=O)Nc1cc(C)on1. The Morgan fingerprint density at radius 3 is 2.72 bits per heavy atom. The number of rotatable bonds is 6. The second-order valence-corrected chi connectivity index (χ2v) is 8.09. The molecular weight excluding hydrogens is 408 g/mol. The third-order valence-corrected chi connectivity index (χ3v) is 6.22. The van der Waals surface area contributed by atoms with Gasteiger partial charge in [0.1, 0.15) is 34.3 Å². The van der Waals surface area contributed by atoms with Gasteiger partial charge in [0.25, 0.3) is 0 Å². The summed E-state index contributed by atoms with van der Waals surface area (Å²) in [5.41, 5.74) is 6.84. The summed E-state index contributed by atoms with van der Waals surface area (Å²) in [6.45, 7) is 3.58. The zero-order valence-electron chi connectivity index (χ0n) is 15.6. The molecule has 3 N–H and O–H groups in total. The van der Waals surface area contributed by atoms with Crippen molar-refractivity contribution in [2.24, 2.45) is 0 Å². The van der Waals surface area contributed by atoms with E-state index in [9.17, 15) is 15.3 Å². The molecule has 0 saturated carbocycles. The van der Waals surface area contributed by atoms with Gasteiger partial charge in [-0.25, -0.2) is 4.98 Å². The van der Waals surface area contributed by atoms with Crippen LogP contribution < -0.4 is 11.1 Å². The normalized spacial score (nSPS) is 11.4. The highest BCUT2D eigenvalue weighted by Crippen LogP contribution is 2.39. The molecule has 8 nitrogen and oxygen atoms in total. The Balaban J connectivity index is 1.98. The lowest BCUT2D eigenvalue weighted by Gasteiger charge is -2.16. The molecule has 0 fully saturated rings. The van der Waals surface area contributed by atoms with E-state index >= 15 is 0 Å². The first kappa shape index (κ1) is 20.4. The zero-order valence-corrected chi connectivity index (χ0v) is 17.2. The van der Waals surface area contributed by atoms with Crippen LogP contribution in [0.4, 0.5) is 11.6 Å². The number of amides is 1. The van der Waals surface area contributed by atoms with E-state index in [4.69, 9.17) is 10.3 Å². The van der Waals surface area contributed by atoms with Crippen LogP contribution in [0.3, 0.4) is 0 Å². The highest BCUT2D eigenvalue weighted by molar-refractivity contribution is 8.00. The van der Waals surface area contributed by atoms with Gasteiger partial charge in [0.2, 0.25) is 5.91 Å². The Labute approximate surface area is 175 Å². The first-order chi connectivity index (χ1) is 14.0. The number of nitrogens with one attached hydrogen (secondary N) is 1. The molecule has 3 rings (SSSR count). The van der Waals surface area contributed by atoms with Gasteiger partial charge >= 0.3 is 0 Å². The molecule has 0 spiro atoms. The van der Waals surface area contributed by atoms with Crippen LogP contribution in [0.15, 0.2) is 33.1 Å². The minimum Gasteiger partial charge on any atom is -0.383 e. The molecule has 0 aliphatic rings. The highest BCUT2D eigenvalue weighted by Gasteiger charge is 2.26. The van der Waals surface area contributed by atoms with Crippen molar-refractivity contribution in [1.29, 1.82) is 10.5 Å². The molecule has 0 bridgehead atoms. The van der Waals surface area contributed by atoms with Gasteiger partial charge in [-0.05, 0) is 24.8 Å². The van der Waals surface area contributed by atoms with Crippen LogP contribution in [0.2, 0.25) is 0 Å². The molecule has 1 atom stereocenters. The van der Waals surface area contributed by atoms with Gasteiger partial charge in [-0.2, -0.15) is 10.5 Å². The van der Waals surface area contributed by atoms with Crippen molar-refractivity contribution in [3.05, 3.63) is 40.5 Å². The van der Waals surface area contributed by atoms with Crippen LogP contribution in [0.5, 0.6) is 0 Å². The number of hydrogen-bond donors (Lipinski definition) is 2. The van der Waals surface area contributed by atoms with E-state index in [1.54, 1.807) is 13.0 Å². The third-order valence-electron chi connectivity index (χ3n) is 3.98. The monoisotopic (exact) mass is 424 g/mol. The molecule has 146 valence electrons. The zero-order chi connectivity index (χ0) is 21.0. The van der Waals surface area contributed by atoms with E-state index in [-0.39, 0.29) is 22.9 Å². The van der Waals surface area contributed by atoms with Gasteiger partial charge in [-0.15, -0.1) is 11.3 Å². The standard InChI is InChI=1S/C19H16N6O2S2/c1-3-13(18(26)23-15-7-10(2)27-25-15)29-19-12(9-21)16(14-5-4-6-28-14)11(8-20)17(22)24-19/h4-7,13H,3H2,1-2H3,(H2,22,24)(H,23,25,26). The molecule has 1 amide bonds. The molecule has 3 aromatic rings. The number of thioether (sulfide) groups is 1. The number of hydrogen-bond acceptors (Lipinski definition) is 9. The van der Waals surface area contributed by atoms with Gasteiger partial charge < -0.3 is 15.6 Å². The summed E-state index contributed by atoms with van der Waals surface area (Å²) in [5, 5.41) is 27.4. The number of carbonyl (C=O) groups excluding carboxylic acids is 1. The molecular formula is C19H16N6O2S2. The largest absolute Gasteiger partial charge is 0.383 e. The predicted octanol–water partition coefficient (Wildman–Crippen LogP) is 3.94. The minimum atomic E-state index is -0.546. The Kier molecular flexibility index (Phi) is 6.17. The molecule has 0 saturated heterocycles. The van der Waals surface area contributed by atoms with Crippen molar-refractivity contribution < 1.29 is 9.32 Å². The molecule has 3 aromatic heterocycles. The van der Waals surface area contributed by atoms with Crippen LogP contribution in [0.25, 0.3) is 10.4 Å². The van der Waals surface area contributed by atoms with Crippen LogP contribution in [0, 0.1) is 29.6 Å². The number of pyridine rings is 1. The van der Waals surface area contributed by atoms with Gasteiger partial charge in [-0.1, -0.05) is 29.9 Å². The average Bonchev–Trinajstić information content (AvgIpc) is 3.37. The maximum Gasteiger partial charge on any atom is 0.239 e. The number of anilines is 2. The maximum absolute atomic E-state index is 12.7. The average molecular weight is 425 g/mol. The molecule has 0 aromatic carbocycles. The lowest BCUT2D eigenvalue weighted by Crippen LogP contribution is -2.25. The predicted molar refractivity (Wildman–Crippen MR) is 111 cm³/mol. The van der Waals surface area contributed by atoms with Crippen LogP contribution in [-0.4, -0.2) is 21.3 Å². The fourth-order valence-electron chi connectivity index (χ4n) is 2.64. The van der Waals surface area contributed by atoms with Crippen LogP contribution in [0.1, 0.15) is 30.2 Å². The Morgan fingerprint density at radius 2 is 2.17 bits per heavy atom. The van der Waals surface area contributed by atoms with Gasteiger partial charge in [0.05, 0.1) is 10.8 Å². The summed E-state index contributed by atoms with van der Waals surface area (Å²) in [5.74, 6) is 0.630. The summed E-state index contributed by atoms with van der Waals surface area (Å²) < 4.78 is 4.96. The summed E-state index contributed by atoms with van der Waals surface area (Å²) in [6, 6.07) is 9.43. The number of nitrogens with two attached hydrogens (primary N) is 1. The number of aromatic nitrogens is 2. The maximum atomic E-state index is 12.7. The van der Waals surface area contributed by atoms with Crippen LogP contribution >= 0.6 is 23.1 Å². The van der Waals surface area contributed by atoms with Crippen molar-refractivity contribution in [2.45, 2.75) is 30.5 Å². The van der Waals surface area contributed by atoms with Gasteiger partial charge in [0.15, 0.2) is 5.82 Å². The van der Waals surface area contributed by atoms with Crippen molar-refractivity contribution in [3.8, 4) is 22.6 Å². The molecule has 0 aliphatic heterocycles. The molecule has 0 aliphatic carbocycles. The number of thiophene rings is 1. The molecule has 29 heavy (non-hydrogen) atoms. The van der Waals surface area contributed by atoms with E-state index in [1.807, 2.05) is 30.5 Å². The Morgan fingerprint density at radius 1 is 1.41 bits per heavy atom. The van der Waals surface area contributed by atoms with E-state index < -0.39 is 5.25 Å². The summed E-state index contributed by atoms with van der Waals surface area (Å²) >= 11 is 2.52. The minimum absolute atomic E-state index is 0.0276. The Hall–Kier alpha value is -3.34. The van der Waals surface area contributed by atoms with Crippen molar-refractivity contribution in [2.75, 3.05) is 11.1 Å².